The molecule has 0 saturated carbocycles. The third-order valence-electron chi connectivity index (χ3n) is 3.54. The summed E-state index contributed by atoms with van der Waals surface area (Å²) in [6, 6.07) is 12.2. The van der Waals surface area contributed by atoms with Crippen molar-refractivity contribution in [3.8, 4) is 0 Å². The average Bonchev–Trinajstić information content (AvgIpc) is 2.76. The van der Waals surface area contributed by atoms with Crippen LogP contribution in [0.15, 0.2) is 47.3 Å². The minimum absolute atomic E-state index is 0.281. The molecule has 0 bridgehead atoms. The first-order chi connectivity index (χ1) is 11.0. The number of aliphatic carboxylic acids is 1. The summed E-state index contributed by atoms with van der Waals surface area (Å²) in [5, 5.41) is 9.87. The number of nitrogens with zero attached hydrogens (tertiary/aromatic N) is 2. The molecule has 3 rings (SSSR count). The Morgan fingerprint density at radius 3 is 2.26 bits per heavy atom. The Morgan fingerprint density at radius 1 is 1.00 bits per heavy atom. The molecule has 0 saturated heterocycles. The summed E-state index contributed by atoms with van der Waals surface area (Å²) in [6.07, 6.45) is 0. The van der Waals surface area contributed by atoms with Gasteiger partial charge in [-0.15, -0.1) is 0 Å². The Morgan fingerprint density at radius 2 is 1.65 bits per heavy atom. The van der Waals surface area contributed by atoms with Crippen molar-refractivity contribution in [2.75, 3.05) is 0 Å². The van der Waals surface area contributed by atoms with Crippen LogP contribution in [0.5, 0.6) is 0 Å². The van der Waals surface area contributed by atoms with E-state index in [2.05, 4.69) is 0 Å². The van der Waals surface area contributed by atoms with Crippen molar-refractivity contribution in [1.29, 1.82) is 0 Å². The Labute approximate surface area is 141 Å². The van der Waals surface area contributed by atoms with Gasteiger partial charge in [0.15, 0.2) is 0 Å². The van der Waals surface area contributed by atoms with E-state index in [1.807, 2.05) is 0 Å². The molecular weight excluding hydrogens is 339 g/mol. The van der Waals surface area contributed by atoms with Crippen LogP contribution in [0.2, 0.25) is 10.0 Å². The maximum atomic E-state index is 12.6. The highest BCUT2D eigenvalue weighted by atomic mass is 35.5. The molecule has 0 aliphatic carbocycles. The lowest BCUT2D eigenvalue weighted by Crippen LogP contribution is -2.27. The van der Waals surface area contributed by atoms with Gasteiger partial charge in [-0.1, -0.05) is 41.4 Å². The van der Waals surface area contributed by atoms with E-state index in [-0.39, 0.29) is 18.8 Å². The molecule has 0 fully saturated rings. The minimum atomic E-state index is -1.07. The number of hydrogen-bond acceptors (Lipinski definition) is 2. The standard InChI is InChI=1S/C16H12Cl2N2O3/c17-11-6-5-10(7-12(11)18)8-19-13-3-1-2-4-14(13)20(16(19)23)9-15(21)22/h1-7H,8-9H2,(H,21,22). The van der Waals surface area contributed by atoms with Crippen molar-refractivity contribution in [2.45, 2.75) is 13.1 Å². The molecule has 1 heterocycles. The van der Waals surface area contributed by atoms with Crippen LogP contribution >= 0.6 is 23.2 Å². The predicted octanol–water partition coefficient (Wildman–Crippen LogP) is 3.24. The number of carboxylic acid groups (broad SMARTS) is 1. The zero-order valence-corrected chi connectivity index (χ0v) is 13.4. The summed E-state index contributed by atoms with van der Waals surface area (Å²) < 4.78 is 2.77. The topological polar surface area (TPSA) is 64.2 Å². The fraction of sp³-hybridized carbons (Fsp3) is 0.125. The molecule has 0 atom stereocenters. The molecule has 0 amide bonds. The van der Waals surface area contributed by atoms with Crippen molar-refractivity contribution in [2.24, 2.45) is 0 Å². The number of carboxylic acids is 1. The number of benzene rings is 2. The number of para-hydroxylation sites is 2. The number of imidazole rings is 1. The Kier molecular flexibility index (Phi) is 4.15. The van der Waals surface area contributed by atoms with Gasteiger partial charge >= 0.3 is 11.7 Å². The van der Waals surface area contributed by atoms with Crippen LogP contribution in [0.25, 0.3) is 11.0 Å². The van der Waals surface area contributed by atoms with Crippen LogP contribution < -0.4 is 5.69 Å². The van der Waals surface area contributed by atoms with Crippen LogP contribution in [0, 0.1) is 0 Å². The van der Waals surface area contributed by atoms with Crippen LogP contribution in [0.1, 0.15) is 5.56 Å². The number of hydrogen-bond donors (Lipinski definition) is 1. The molecule has 118 valence electrons. The van der Waals surface area contributed by atoms with Crippen LogP contribution in [0.4, 0.5) is 0 Å². The zero-order valence-electron chi connectivity index (χ0n) is 11.9. The molecule has 1 N–H and O–H groups in total. The summed E-state index contributed by atoms with van der Waals surface area (Å²) in [6.45, 7) is -0.101. The van der Waals surface area contributed by atoms with Gasteiger partial charge in [-0.05, 0) is 29.8 Å². The summed E-state index contributed by atoms with van der Waals surface area (Å²) in [7, 11) is 0. The summed E-state index contributed by atoms with van der Waals surface area (Å²) in [4.78, 5) is 23.6. The van der Waals surface area contributed by atoms with Gasteiger partial charge < -0.3 is 5.11 Å². The Hall–Kier alpha value is -2.24. The van der Waals surface area contributed by atoms with Gasteiger partial charge in [0.2, 0.25) is 0 Å². The number of rotatable bonds is 4. The molecule has 1 aromatic heterocycles. The second kappa shape index (κ2) is 6.10. The van der Waals surface area contributed by atoms with Crippen molar-refractivity contribution in [1.82, 2.24) is 9.13 Å². The smallest absolute Gasteiger partial charge is 0.329 e. The maximum absolute atomic E-state index is 12.6. The molecule has 2 aromatic carbocycles. The first-order valence-electron chi connectivity index (χ1n) is 6.81. The number of carbonyl (C=O) groups is 1. The zero-order chi connectivity index (χ0) is 16.6. The monoisotopic (exact) mass is 350 g/mol. The van der Waals surface area contributed by atoms with E-state index >= 15 is 0 Å². The van der Waals surface area contributed by atoms with Gasteiger partial charge in [0.1, 0.15) is 6.54 Å². The van der Waals surface area contributed by atoms with E-state index in [4.69, 9.17) is 28.3 Å². The molecule has 0 radical (unpaired) electrons. The molecule has 5 nitrogen and oxygen atoms in total. The minimum Gasteiger partial charge on any atom is -0.480 e. The Balaban J connectivity index is 2.13. The molecule has 0 aliphatic rings. The van der Waals surface area contributed by atoms with Crippen molar-refractivity contribution < 1.29 is 9.90 Å². The highest BCUT2D eigenvalue weighted by molar-refractivity contribution is 6.42. The van der Waals surface area contributed by atoms with Crippen molar-refractivity contribution >= 4 is 40.2 Å². The van der Waals surface area contributed by atoms with E-state index in [9.17, 15) is 9.59 Å². The SMILES string of the molecule is O=C(O)Cn1c(=O)n(Cc2ccc(Cl)c(Cl)c2)c2ccccc21. The first kappa shape index (κ1) is 15.6. The highest BCUT2D eigenvalue weighted by Gasteiger charge is 2.15. The summed E-state index contributed by atoms with van der Waals surface area (Å²) in [5.41, 5.74) is 1.68. The second-order valence-electron chi connectivity index (χ2n) is 5.09. The lowest BCUT2D eigenvalue weighted by atomic mass is 10.2. The van der Waals surface area contributed by atoms with Gasteiger partial charge in [-0.2, -0.15) is 0 Å². The fourth-order valence-electron chi connectivity index (χ4n) is 2.53. The van der Waals surface area contributed by atoms with Crippen molar-refractivity contribution in [3.63, 3.8) is 0 Å². The van der Waals surface area contributed by atoms with Crippen LogP contribution in [0.3, 0.4) is 0 Å². The average molecular weight is 351 g/mol. The third-order valence-corrected chi connectivity index (χ3v) is 4.28. The van der Waals surface area contributed by atoms with Gasteiger partial charge in [0, 0.05) is 0 Å². The Bertz CT molecular complexity index is 960. The lowest BCUT2D eigenvalue weighted by molar-refractivity contribution is -0.137. The van der Waals surface area contributed by atoms with Gasteiger partial charge in [0.25, 0.3) is 0 Å². The first-order valence-corrected chi connectivity index (χ1v) is 7.57. The van der Waals surface area contributed by atoms with Gasteiger partial charge in [-0.3, -0.25) is 13.9 Å². The molecule has 0 unspecified atom stereocenters. The molecule has 3 aromatic rings. The number of aromatic nitrogens is 2. The quantitative estimate of drug-likeness (QED) is 0.785. The molecule has 0 spiro atoms. The third kappa shape index (κ3) is 2.98. The fourth-order valence-corrected chi connectivity index (χ4v) is 2.85. The van der Waals surface area contributed by atoms with E-state index in [1.165, 1.54) is 9.13 Å². The normalized spacial score (nSPS) is 11.0. The molecular formula is C16H12Cl2N2O3. The molecule has 0 aliphatic heterocycles. The van der Waals surface area contributed by atoms with Crippen LogP contribution in [-0.2, 0) is 17.9 Å². The molecule has 7 heteroatoms. The summed E-state index contributed by atoms with van der Waals surface area (Å²) in [5.74, 6) is -1.07. The highest BCUT2D eigenvalue weighted by Crippen LogP contribution is 2.23. The molecule has 23 heavy (non-hydrogen) atoms. The number of halogens is 2. The van der Waals surface area contributed by atoms with E-state index in [0.29, 0.717) is 21.1 Å². The predicted molar refractivity (Wildman–Crippen MR) is 89.4 cm³/mol. The largest absolute Gasteiger partial charge is 0.480 e. The lowest BCUT2D eigenvalue weighted by Gasteiger charge is -2.05. The van der Waals surface area contributed by atoms with E-state index in [1.54, 1.807) is 42.5 Å². The number of fused-ring (bicyclic) bond motifs is 1. The maximum Gasteiger partial charge on any atom is 0.329 e. The van der Waals surface area contributed by atoms with Crippen molar-refractivity contribution in [3.05, 3.63) is 68.6 Å². The summed E-state index contributed by atoms with van der Waals surface area (Å²) >= 11 is 11.9. The van der Waals surface area contributed by atoms with E-state index in [0.717, 1.165) is 5.56 Å². The van der Waals surface area contributed by atoms with Crippen LogP contribution in [-0.4, -0.2) is 20.2 Å². The van der Waals surface area contributed by atoms with Gasteiger partial charge in [-0.25, -0.2) is 4.79 Å². The second-order valence-corrected chi connectivity index (χ2v) is 5.90. The van der Waals surface area contributed by atoms with E-state index < -0.39 is 5.97 Å². The van der Waals surface area contributed by atoms with Gasteiger partial charge in [0.05, 0.1) is 27.6 Å².